The standard InChI is InChI=1S/C32H37N3O4/c1-22-7-11-28(39-31-20-25(32(37)38-2)9-10-26(31)21-33)18-23(17-22)8-12-30(36)29-6-4-3-5-24(29)19-27-13-14-34-15-16-35-27/h3-6,9-10,15-16,20,22-23,27-28H,7-8,11-14,17-19H2,1-2H3. The summed E-state index contributed by atoms with van der Waals surface area (Å²) in [5.41, 5.74) is 2.60. The number of carbonyl (C=O) groups is 2. The van der Waals surface area contributed by atoms with E-state index in [9.17, 15) is 14.9 Å². The van der Waals surface area contributed by atoms with Crippen molar-refractivity contribution in [1.29, 1.82) is 5.26 Å². The molecule has 4 atom stereocenters. The van der Waals surface area contributed by atoms with Crippen LogP contribution in [0.1, 0.15) is 83.7 Å². The lowest BCUT2D eigenvalue weighted by molar-refractivity contribution is 0.0599. The van der Waals surface area contributed by atoms with Gasteiger partial charge in [0.25, 0.3) is 0 Å². The van der Waals surface area contributed by atoms with Gasteiger partial charge in [-0.1, -0.05) is 31.2 Å². The Morgan fingerprint density at radius 1 is 1.08 bits per heavy atom. The van der Waals surface area contributed by atoms with Gasteiger partial charge >= 0.3 is 5.97 Å². The minimum absolute atomic E-state index is 0.0855. The molecule has 204 valence electrons. The Hall–Kier alpha value is -3.79. The first kappa shape index (κ1) is 28.2. The van der Waals surface area contributed by atoms with E-state index in [-0.39, 0.29) is 17.9 Å². The van der Waals surface area contributed by atoms with Gasteiger partial charge in [-0.3, -0.25) is 14.8 Å². The lowest BCUT2D eigenvalue weighted by Gasteiger charge is -2.22. The number of benzene rings is 2. The molecule has 4 rings (SSSR count). The quantitative estimate of drug-likeness (QED) is 0.225. The maximum atomic E-state index is 13.4. The van der Waals surface area contributed by atoms with E-state index in [0.717, 1.165) is 62.6 Å². The van der Waals surface area contributed by atoms with Crippen LogP contribution in [0.15, 0.2) is 52.4 Å². The van der Waals surface area contributed by atoms with Crippen molar-refractivity contribution in [2.75, 3.05) is 13.7 Å². The molecule has 0 amide bonds. The van der Waals surface area contributed by atoms with Crippen LogP contribution in [-0.2, 0) is 11.2 Å². The molecule has 4 unspecified atom stereocenters. The van der Waals surface area contributed by atoms with Gasteiger partial charge < -0.3 is 9.47 Å². The molecule has 7 heteroatoms. The minimum atomic E-state index is -0.463. The largest absolute Gasteiger partial charge is 0.489 e. The summed E-state index contributed by atoms with van der Waals surface area (Å²) >= 11 is 0. The Morgan fingerprint density at radius 3 is 2.74 bits per heavy atom. The van der Waals surface area contributed by atoms with E-state index >= 15 is 0 Å². The number of nitriles is 1. The fourth-order valence-electron chi connectivity index (χ4n) is 5.65. The highest BCUT2D eigenvalue weighted by Crippen LogP contribution is 2.34. The smallest absolute Gasteiger partial charge is 0.337 e. The van der Waals surface area contributed by atoms with Crippen LogP contribution in [0.3, 0.4) is 0 Å². The molecule has 1 heterocycles. The zero-order chi connectivity index (χ0) is 27.6. The number of Topliss-reactive ketones (excluding diaryl/α,β-unsaturated/α-hetero) is 1. The maximum absolute atomic E-state index is 13.4. The normalized spacial score (nSPS) is 22.8. The van der Waals surface area contributed by atoms with Gasteiger partial charge in [-0.15, -0.1) is 0 Å². The molecule has 2 aliphatic rings. The predicted octanol–water partition coefficient (Wildman–Crippen LogP) is 6.04. The molecule has 0 radical (unpaired) electrons. The minimum Gasteiger partial charge on any atom is -0.489 e. The topological polar surface area (TPSA) is 101 Å². The number of esters is 1. The Labute approximate surface area is 231 Å². The Bertz CT molecular complexity index is 1260. The number of ketones is 1. The van der Waals surface area contributed by atoms with Crippen LogP contribution in [0.5, 0.6) is 5.75 Å². The number of aliphatic imine (C=N–C) groups is 2. The first-order chi connectivity index (χ1) is 19.0. The van der Waals surface area contributed by atoms with Crippen molar-refractivity contribution in [3.8, 4) is 11.8 Å². The lowest BCUT2D eigenvalue weighted by atomic mass is 9.88. The van der Waals surface area contributed by atoms with Crippen molar-refractivity contribution in [3.05, 3.63) is 64.7 Å². The molecule has 1 fully saturated rings. The number of nitrogens with zero attached hydrogens (tertiary/aromatic N) is 3. The van der Waals surface area contributed by atoms with Crippen LogP contribution in [0.4, 0.5) is 0 Å². The van der Waals surface area contributed by atoms with Crippen molar-refractivity contribution in [3.63, 3.8) is 0 Å². The summed E-state index contributed by atoms with van der Waals surface area (Å²) in [5.74, 6) is 0.982. The zero-order valence-electron chi connectivity index (χ0n) is 22.8. The van der Waals surface area contributed by atoms with Gasteiger partial charge in [0.15, 0.2) is 5.78 Å². The highest BCUT2D eigenvalue weighted by atomic mass is 16.5. The number of hydrogen-bond acceptors (Lipinski definition) is 7. The third kappa shape index (κ3) is 7.86. The number of rotatable bonds is 9. The Kier molecular flexibility index (Phi) is 10.0. The molecule has 0 N–H and O–H groups in total. The maximum Gasteiger partial charge on any atom is 0.337 e. The van der Waals surface area contributed by atoms with E-state index in [4.69, 9.17) is 9.47 Å². The zero-order valence-corrected chi connectivity index (χ0v) is 22.8. The van der Waals surface area contributed by atoms with E-state index in [1.165, 1.54) is 7.11 Å². The average Bonchev–Trinajstić information content (AvgIpc) is 3.32. The number of ether oxygens (including phenoxy) is 2. The monoisotopic (exact) mass is 527 g/mol. The third-order valence-corrected chi connectivity index (χ3v) is 7.74. The second-order valence-electron chi connectivity index (χ2n) is 10.7. The summed E-state index contributed by atoms with van der Waals surface area (Å²) in [6, 6.07) is 15.0. The van der Waals surface area contributed by atoms with Gasteiger partial charge in [-0.2, -0.15) is 5.26 Å². The molecule has 1 saturated carbocycles. The number of carbonyl (C=O) groups excluding carboxylic acids is 2. The SMILES string of the molecule is COC(=O)c1ccc(C#N)c(OC2CCC(C)CC(CCC(=O)c3ccccc3CC3CCN=CC=N3)C2)c1. The van der Waals surface area contributed by atoms with E-state index in [1.54, 1.807) is 30.6 Å². The highest BCUT2D eigenvalue weighted by Gasteiger charge is 2.27. The number of hydrogen-bond donors (Lipinski definition) is 0. The molecule has 0 aromatic heterocycles. The highest BCUT2D eigenvalue weighted by molar-refractivity contribution is 6.16. The summed E-state index contributed by atoms with van der Waals surface area (Å²) in [7, 11) is 1.33. The molecular weight excluding hydrogens is 490 g/mol. The van der Waals surface area contributed by atoms with Gasteiger partial charge in [-0.05, 0) is 80.5 Å². The third-order valence-electron chi connectivity index (χ3n) is 7.74. The Balaban J connectivity index is 1.41. The summed E-state index contributed by atoms with van der Waals surface area (Å²) in [6.45, 7) is 3.01. The van der Waals surface area contributed by atoms with Gasteiger partial charge in [-0.25, -0.2) is 4.79 Å². The lowest BCUT2D eigenvalue weighted by Crippen LogP contribution is -2.20. The molecule has 0 bridgehead atoms. The van der Waals surface area contributed by atoms with Crippen molar-refractivity contribution in [2.24, 2.45) is 21.8 Å². The van der Waals surface area contributed by atoms with E-state index < -0.39 is 5.97 Å². The molecule has 39 heavy (non-hydrogen) atoms. The van der Waals surface area contributed by atoms with E-state index in [2.05, 4.69) is 23.0 Å². The van der Waals surface area contributed by atoms with Gasteiger partial charge in [0.05, 0.1) is 30.4 Å². The first-order valence-corrected chi connectivity index (χ1v) is 13.9. The van der Waals surface area contributed by atoms with Crippen molar-refractivity contribution in [2.45, 2.75) is 70.4 Å². The Morgan fingerprint density at radius 2 is 1.92 bits per heavy atom. The molecule has 0 saturated heterocycles. The molecule has 2 aromatic rings. The predicted molar refractivity (Wildman–Crippen MR) is 152 cm³/mol. The van der Waals surface area contributed by atoms with Crippen molar-refractivity contribution < 1.29 is 19.1 Å². The second kappa shape index (κ2) is 13.8. The summed E-state index contributed by atoms with van der Waals surface area (Å²) in [6.07, 6.45) is 10.1. The molecule has 1 aliphatic heterocycles. The van der Waals surface area contributed by atoms with Gasteiger partial charge in [0, 0.05) is 31.0 Å². The number of methoxy groups -OCH3 is 1. The molecule has 0 spiro atoms. The fraction of sp³-hybridized carbons (Fsp3) is 0.469. The molecule has 2 aromatic carbocycles. The van der Waals surface area contributed by atoms with Crippen LogP contribution in [0.2, 0.25) is 0 Å². The summed E-state index contributed by atoms with van der Waals surface area (Å²) < 4.78 is 11.2. The van der Waals surface area contributed by atoms with Crippen LogP contribution >= 0.6 is 0 Å². The molecule has 7 nitrogen and oxygen atoms in total. The van der Waals surface area contributed by atoms with Gasteiger partial charge in [0.1, 0.15) is 11.8 Å². The summed E-state index contributed by atoms with van der Waals surface area (Å²) in [4.78, 5) is 34.3. The van der Waals surface area contributed by atoms with Crippen LogP contribution in [0.25, 0.3) is 0 Å². The first-order valence-electron chi connectivity index (χ1n) is 13.9. The van der Waals surface area contributed by atoms with Crippen LogP contribution in [0, 0.1) is 23.2 Å². The van der Waals surface area contributed by atoms with Crippen LogP contribution < -0.4 is 4.74 Å². The average molecular weight is 528 g/mol. The fourth-order valence-corrected chi connectivity index (χ4v) is 5.65. The molecule has 1 aliphatic carbocycles. The molecular formula is C32H37N3O4. The van der Waals surface area contributed by atoms with Crippen LogP contribution in [-0.4, -0.2) is 50.0 Å². The van der Waals surface area contributed by atoms with E-state index in [1.807, 2.05) is 24.3 Å². The van der Waals surface area contributed by atoms with E-state index in [0.29, 0.717) is 35.1 Å². The van der Waals surface area contributed by atoms with Crippen molar-refractivity contribution in [1.82, 2.24) is 0 Å². The summed E-state index contributed by atoms with van der Waals surface area (Å²) in [5, 5.41) is 9.58. The van der Waals surface area contributed by atoms with Gasteiger partial charge in [0.2, 0.25) is 0 Å². The van der Waals surface area contributed by atoms with Crippen molar-refractivity contribution >= 4 is 24.2 Å². The second-order valence-corrected chi connectivity index (χ2v) is 10.7.